The highest BCUT2D eigenvalue weighted by molar-refractivity contribution is 5.78. The van der Waals surface area contributed by atoms with E-state index in [1.807, 2.05) is 72.8 Å². The zero-order chi connectivity index (χ0) is 16.8. The van der Waals surface area contributed by atoms with Crippen molar-refractivity contribution in [3.63, 3.8) is 0 Å². The van der Waals surface area contributed by atoms with Crippen molar-refractivity contribution >= 4 is 22.7 Å². The van der Waals surface area contributed by atoms with Crippen LogP contribution in [0, 0.1) is 0 Å². The molecule has 3 aromatic rings. The second kappa shape index (κ2) is 7.42. The molecule has 122 valence electrons. The maximum Gasteiger partial charge on any atom is 0.120 e. The van der Waals surface area contributed by atoms with Crippen LogP contribution in [0.15, 0.2) is 72.8 Å². The summed E-state index contributed by atoms with van der Waals surface area (Å²) in [5.74, 6) is 1.64. The molecule has 0 radical (unpaired) electrons. The molecule has 0 heterocycles. The first-order valence-corrected chi connectivity index (χ1v) is 7.69. The molecule has 24 heavy (non-hydrogen) atoms. The lowest BCUT2D eigenvalue weighted by Crippen LogP contribution is -1.98. The molecule has 0 saturated carbocycles. The molecule has 0 atom stereocenters. The molecule has 2 N–H and O–H groups in total. The van der Waals surface area contributed by atoms with Gasteiger partial charge in [-0.3, -0.25) is 0 Å². The fraction of sp³-hybridized carbons (Fsp3) is 0.100. The highest BCUT2D eigenvalue weighted by atomic mass is 16.5. The van der Waals surface area contributed by atoms with Gasteiger partial charge in [0.25, 0.3) is 0 Å². The fourth-order valence-corrected chi connectivity index (χ4v) is 2.41. The Hall–Kier alpha value is -3.14. The summed E-state index contributed by atoms with van der Waals surface area (Å²) in [4.78, 5) is 0. The number of rotatable bonds is 6. The van der Waals surface area contributed by atoms with E-state index in [0.717, 1.165) is 34.2 Å². The van der Waals surface area contributed by atoms with Crippen LogP contribution >= 0.6 is 0 Å². The van der Waals surface area contributed by atoms with Crippen LogP contribution in [-0.2, 0) is 0 Å². The molecule has 4 heteroatoms. The van der Waals surface area contributed by atoms with E-state index in [2.05, 4.69) is 10.6 Å². The van der Waals surface area contributed by atoms with Gasteiger partial charge in [0.2, 0.25) is 0 Å². The number of anilines is 4. The summed E-state index contributed by atoms with van der Waals surface area (Å²) in [5, 5.41) is 6.84. The topological polar surface area (TPSA) is 42.5 Å². The summed E-state index contributed by atoms with van der Waals surface area (Å²) in [6.45, 7) is 0. The maximum absolute atomic E-state index is 5.27. The van der Waals surface area contributed by atoms with Gasteiger partial charge in [-0.25, -0.2) is 0 Å². The Balaban J connectivity index is 1.84. The van der Waals surface area contributed by atoms with Crippen LogP contribution in [0.1, 0.15) is 0 Å². The highest BCUT2D eigenvalue weighted by Crippen LogP contribution is 2.30. The molecule has 0 saturated heterocycles. The normalized spacial score (nSPS) is 10.1. The van der Waals surface area contributed by atoms with E-state index in [1.165, 1.54) is 0 Å². The lowest BCUT2D eigenvalue weighted by Gasteiger charge is -2.15. The number of methoxy groups -OCH3 is 2. The monoisotopic (exact) mass is 320 g/mol. The van der Waals surface area contributed by atoms with Gasteiger partial charge in [0.1, 0.15) is 11.5 Å². The first-order valence-electron chi connectivity index (χ1n) is 7.69. The molecule has 0 aromatic heterocycles. The molecule has 0 aliphatic rings. The Bertz CT molecular complexity index is 749. The van der Waals surface area contributed by atoms with Crippen molar-refractivity contribution in [3.05, 3.63) is 72.8 Å². The van der Waals surface area contributed by atoms with Gasteiger partial charge in [0, 0.05) is 23.5 Å². The number of hydrogen-bond acceptors (Lipinski definition) is 4. The summed E-state index contributed by atoms with van der Waals surface area (Å²) < 4.78 is 10.5. The Morgan fingerprint density at radius 3 is 1.46 bits per heavy atom. The Morgan fingerprint density at radius 1 is 0.583 bits per heavy atom. The summed E-state index contributed by atoms with van der Waals surface area (Å²) in [7, 11) is 3.33. The zero-order valence-electron chi connectivity index (χ0n) is 13.7. The van der Waals surface area contributed by atoms with Crippen LogP contribution in [0.4, 0.5) is 22.7 Å². The van der Waals surface area contributed by atoms with Crippen LogP contribution in [-0.4, -0.2) is 14.2 Å². The number of ether oxygens (including phenoxy) is 2. The van der Waals surface area contributed by atoms with Gasteiger partial charge in [-0.15, -0.1) is 0 Å². The fourth-order valence-electron chi connectivity index (χ4n) is 2.41. The minimum atomic E-state index is 0.818. The first-order chi connectivity index (χ1) is 11.8. The third-order valence-corrected chi connectivity index (χ3v) is 3.62. The van der Waals surface area contributed by atoms with E-state index in [0.29, 0.717) is 0 Å². The van der Waals surface area contributed by atoms with Crippen LogP contribution in [0.3, 0.4) is 0 Å². The second-order valence-electron chi connectivity index (χ2n) is 5.26. The number of para-hydroxylation sites is 2. The van der Waals surface area contributed by atoms with Crippen molar-refractivity contribution < 1.29 is 9.47 Å². The predicted molar refractivity (Wildman–Crippen MR) is 99.0 cm³/mol. The van der Waals surface area contributed by atoms with Gasteiger partial charge in [-0.1, -0.05) is 24.3 Å². The third-order valence-electron chi connectivity index (χ3n) is 3.62. The minimum Gasteiger partial charge on any atom is -0.497 e. The molecule has 0 amide bonds. The largest absolute Gasteiger partial charge is 0.497 e. The van der Waals surface area contributed by atoms with Crippen molar-refractivity contribution in [2.45, 2.75) is 0 Å². The second-order valence-corrected chi connectivity index (χ2v) is 5.26. The summed E-state index contributed by atoms with van der Waals surface area (Å²) in [6, 6.07) is 23.7. The van der Waals surface area contributed by atoms with E-state index < -0.39 is 0 Å². The SMILES string of the molecule is COc1cccc(Nc2ccccc2Nc2cccc(OC)c2)c1. The summed E-state index contributed by atoms with van der Waals surface area (Å²) in [5.41, 5.74) is 3.89. The Labute approximate surface area is 142 Å². The Kier molecular flexibility index (Phi) is 4.87. The van der Waals surface area contributed by atoms with Gasteiger partial charge in [-0.05, 0) is 36.4 Å². The average Bonchev–Trinajstić information content (AvgIpc) is 2.64. The first kappa shape index (κ1) is 15.7. The van der Waals surface area contributed by atoms with E-state index in [4.69, 9.17) is 9.47 Å². The molecule has 0 spiro atoms. The smallest absolute Gasteiger partial charge is 0.120 e. The molecule has 0 aliphatic carbocycles. The van der Waals surface area contributed by atoms with Gasteiger partial charge in [0.05, 0.1) is 25.6 Å². The molecular weight excluding hydrogens is 300 g/mol. The van der Waals surface area contributed by atoms with Crippen LogP contribution in [0.5, 0.6) is 11.5 Å². The Morgan fingerprint density at radius 2 is 1.04 bits per heavy atom. The standard InChI is InChI=1S/C20H20N2O2/c1-23-17-9-5-7-15(13-17)21-19-11-3-4-12-20(19)22-16-8-6-10-18(14-16)24-2/h3-14,21-22H,1-2H3. The number of hydrogen-bond donors (Lipinski definition) is 2. The quantitative estimate of drug-likeness (QED) is 0.656. The lowest BCUT2D eigenvalue weighted by molar-refractivity contribution is 0.415. The van der Waals surface area contributed by atoms with Crippen molar-refractivity contribution in [1.29, 1.82) is 0 Å². The maximum atomic E-state index is 5.27. The average molecular weight is 320 g/mol. The van der Waals surface area contributed by atoms with Crippen LogP contribution in [0.2, 0.25) is 0 Å². The molecule has 0 bridgehead atoms. The molecule has 3 rings (SSSR count). The molecule has 3 aromatic carbocycles. The number of benzene rings is 3. The molecular formula is C20H20N2O2. The highest BCUT2D eigenvalue weighted by Gasteiger charge is 2.04. The van der Waals surface area contributed by atoms with Crippen LogP contribution in [0.25, 0.3) is 0 Å². The predicted octanol–water partition coefficient (Wildman–Crippen LogP) is 5.19. The van der Waals surface area contributed by atoms with E-state index in [9.17, 15) is 0 Å². The van der Waals surface area contributed by atoms with E-state index in [-0.39, 0.29) is 0 Å². The van der Waals surface area contributed by atoms with E-state index in [1.54, 1.807) is 14.2 Å². The van der Waals surface area contributed by atoms with Crippen LogP contribution < -0.4 is 20.1 Å². The lowest BCUT2D eigenvalue weighted by atomic mass is 10.2. The summed E-state index contributed by atoms with van der Waals surface area (Å²) >= 11 is 0. The van der Waals surface area contributed by atoms with Crippen molar-refractivity contribution in [2.24, 2.45) is 0 Å². The number of nitrogens with one attached hydrogen (secondary N) is 2. The molecule has 0 fully saturated rings. The van der Waals surface area contributed by atoms with Gasteiger partial charge < -0.3 is 20.1 Å². The van der Waals surface area contributed by atoms with E-state index >= 15 is 0 Å². The molecule has 0 aliphatic heterocycles. The molecule has 4 nitrogen and oxygen atoms in total. The van der Waals surface area contributed by atoms with Crippen molar-refractivity contribution in [3.8, 4) is 11.5 Å². The van der Waals surface area contributed by atoms with Gasteiger partial charge >= 0.3 is 0 Å². The summed E-state index contributed by atoms with van der Waals surface area (Å²) in [6.07, 6.45) is 0. The van der Waals surface area contributed by atoms with Gasteiger partial charge in [-0.2, -0.15) is 0 Å². The van der Waals surface area contributed by atoms with Crippen molar-refractivity contribution in [2.75, 3.05) is 24.9 Å². The van der Waals surface area contributed by atoms with Gasteiger partial charge in [0.15, 0.2) is 0 Å². The molecule has 0 unspecified atom stereocenters. The van der Waals surface area contributed by atoms with Crippen molar-refractivity contribution in [1.82, 2.24) is 0 Å². The minimum absolute atomic E-state index is 0.818. The zero-order valence-corrected chi connectivity index (χ0v) is 13.7. The third kappa shape index (κ3) is 3.79.